The van der Waals surface area contributed by atoms with Gasteiger partial charge in [0.15, 0.2) is 0 Å². The van der Waals surface area contributed by atoms with Crippen LogP contribution in [0, 0.1) is 0 Å². The molecular weight excluding hydrogens is 258 g/mol. The molecule has 21 heavy (non-hydrogen) atoms. The van der Waals surface area contributed by atoms with Gasteiger partial charge < -0.3 is 15.0 Å². The third kappa shape index (κ3) is 2.19. The predicted octanol–water partition coefficient (Wildman–Crippen LogP) is 4.67. The molecule has 0 fully saturated rings. The van der Waals surface area contributed by atoms with Crippen LogP contribution in [0.3, 0.4) is 0 Å². The zero-order valence-corrected chi connectivity index (χ0v) is 11.4. The van der Waals surface area contributed by atoms with Crippen LogP contribution in [-0.4, -0.2) is 15.0 Å². The lowest BCUT2D eigenvalue weighted by Crippen LogP contribution is -1.86. The lowest BCUT2D eigenvalue weighted by Gasteiger charge is -2.08. The third-order valence-electron chi connectivity index (χ3n) is 3.66. The SMILES string of the molecule is c1c[nH]c(-c2cc(-c3ccc[nH]3)cc(-c3ccc[nH]3)c2)c1. The molecule has 0 amide bonds. The molecule has 3 N–H and O–H groups in total. The van der Waals surface area contributed by atoms with Gasteiger partial charge in [0.05, 0.1) is 0 Å². The maximum Gasteiger partial charge on any atom is 0.0454 e. The number of nitrogens with one attached hydrogen (secondary N) is 3. The Balaban J connectivity index is 1.92. The predicted molar refractivity (Wildman–Crippen MR) is 85.8 cm³/mol. The number of aromatic amines is 3. The van der Waals surface area contributed by atoms with Gasteiger partial charge in [0.25, 0.3) is 0 Å². The largest absolute Gasteiger partial charge is 0.361 e. The number of hydrogen-bond donors (Lipinski definition) is 3. The van der Waals surface area contributed by atoms with Crippen molar-refractivity contribution in [3.8, 4) is 33.8 Å². The van der Waals surface area contributed by atoms with Gasteiger partial charge in [-0.2, -0.15) is 0 Å². The Bertz CT molecular complexity index is 696. The normalized spacial score (nSPS) is 10.9. The summed E-state index contributed by atoms with van der Waals surface area (Å²) in [5.74, 6) is 0. The first kappa shape index (κ1) is 11.9. The second kappa shape index (κ2) is 4.87. The van der Waals surface area contributed by atoms with E-state index in [0.29, 0.717) is 0 Å². The number of benzene rings is 1. The van der Waals surface area contributed by atoms with Crippen molar-refractivity contribution in [3.05, 3.63) is 73.2 Å². The van der Waals surface area contributed by atoms with Gasteiger partial charge in [0, 0.05) is 35.7 Å². The van der Waals surface area contributed by atoms with E-state index in [2.05, 4.69) is 51.4 Å². The highest BCUT2D eigenvalue weighted by Crippen LogP contribution is 2.30. The van der Waals surface area contributed by atoms with Gasteiger partial charge >= 0.3 is 0 Å². The summed E-state index contributed by atoms with van der Waals surface area (Å²) in [6.45, 7) is 0. The van der Waals surface area contributed by atoms with Crippen molar-refractivity contribution in [2.24, 2.45) is 0 Å². The van der Waals surface area contributed by atoms with Crippen molar-refractivity contribution in [2.45, 2.75) is 0 Å². The van der Waals surface area contributed by atoms with Gasteiger partial charge in [-0.05, 0) is 71.3 Å². The summed E-state index contributed by atoms with van der Waals surface area (Å²) in [5, 5.41) is 0. The van der Waals surface area contributed by atoms with Crippen molar-refractivity contribution in [1.82, 2.24) is 15.0 Å². The molecule has 0 atom stereocenters. The minimum Gasteiger partial charge on any atom is -0.361 e. The van der Waals surface area contributed by atoms with Crippen LogP contribution >= 0.6 is 0 Å². The van der Waals surface area contributed by atoms with E-state index in [1.54, 1.807) is 0 Å². The van der Waals surface area contributed by atoms with Crippen LogP contribution in [-0.2, 0) is 0 Å². The molecule has 0 bridgehead atoms. The molecule has 0 spiro atoms. The molecule has 4 rings (SSSR count). The molecule has 0 unspecified atom stereocenters. The van der Waals surface area contributed by atoms with E-state index in [1.165, 1.54) is 16.7 Å². The van der Waals surface area contributed by atoms with E-state index < -0.39 is 0 Å². The molecule has 3 nitrogen and oxygen atoms in total. The molecule has 3 aromatic heterocycles. The topological polar surface area (TPSA) is 47.4 Å². The Morgan fingerprint density at radius 1 is 0.476 bits per heavy atom. The summed E-state index contributed by atoms with van der Waals surface area (Å²) in [6, 6.07) is 18.9. The Hall–Kier alpha value is -2.94. The van der Waals surface area contributed by atoms with Crippen LogP contribution in [0.25, 0.3) is 33.8 Å². The molecule has 0 saturated heterocycles. The highest BCUT2D eigenvalue weighted by molar-refractivity contribution is 5.78. The van der Waals surface area contributed by atoms with Crippen molar-refractivity contribution < 1.29 is 0 Å². The van der Waals surface area contributed by atoms with Gasteiger partial charge in [-0.3, -0.25) is 0 Å². The van der Waals surface area contributed by atoms with E-state index >= 15 is 0 Å². The van der Waals surface area contributed by atoms with Gasteiger partial charge in [-0.1, -0.05) is 0 Å². The second-order valence-corrected chi connectivity index (χ2v) is 5.05. The molecule has 4 aromatic rings. The minimum atomic E-state index is 1.12. The summed E-state index contributed by atoms with van der Waals surface area (Å²) >= 11 is 0. The van der Waals surface area contributed by atoms with Crippen LogP contribution in [0.5, 0.6) is 0 Å². The number of hydrogen-bond acceptors (Lipinski definition) is 0. The second-order valence-electron chi connectivity index (χ2n) is 5.05. The molecule has 0 aliphatic carbocycles. The smallest absolute Gasteiger partial charge is 0.0454 e. The van der Waals surface area contributed by atoms with E-state index in [0.717, 1.165) is 17.1 Å². The first-order valence-electron chi connectivity index (χ1n) is 6.96. The Morgan fingerprint density at radius 3 is 1.05 bits per heavy atom. The fourth-order valence-corrected chi connectivity index (χ4v) is 2.62. The zero-order valence-electron chi connectivity index (χ0n) is 11.4. The lowest BCUT2D eigenvalue weighted by molar-refractivity contribution is 1.37. The van der Waals surface area contributed by atoms with Crippen LogP contribution in [0.4, 0.5) is 0 Å². The quantitative estimate of drug-likeness (QED) is 0.486. The fraction of sp³-hybridized carbons (Fsp3) is 0. The van der Waals surface area contributed by atoms with Crippen molar-refractivity contribution in [3.63, 3.8) is 0 Å². The molecule has 0 saturated carbocycles. The molecule has 0 radical (unpaired) electrons. The van der Waals surface area contributed by atoms with E-state index in [1.807, 2.05) is 36.8 Å². The molecule has 102 valence electrons. The zero-order chi connectivity index (χ0) is 14.1. The van der Waals surface area contributed by atoms with Gasteiger partial charge in [-0.15, -0.1) is 0 Å². The van der Waals surface area contributed by atoms with Gasteiger partial charge in [0.1, 0.15) is 0 Å². The average molecular weight is 273 g/mol. The Labute approximate surface area is 122 Å². The monoisotopic (exact) mass is 273 g/mol. The van der Waals surface area contributed by atoms with Crippen LogP contribution in [0.15, 0.2) is 73.2 Å². The molecule has 3 heteroatoms. The number of aromatic nitrogens is 3. The molecular formula is C18H15N3. The molecule has 0 aliphatic rings. The van der Waals surface area contributed by atoms with Crippen LogP contribution in [0.1, 0.15) is 0 Å². The van der Waals surface area contributed by atoms with Crippen molar-refractivity contribution in [2.75, 3.05) is 0 Å². The maximum absolute atomic E-state index is 3.28. The van der Waals surface area contributed by atoms with Crippen molar-refractivity contribution >= 4 is 0 Å². The lowest BCUT2D eigenvalue weighted by atomic mass is 10.00. The minimum absolute atomic E-state index is 1.12. The molecule has 3 heterocycles. The van der Waals surface area contributed by atoms with Crippen molar-refractivity contribution in [1.29, 1.82) is 0 Å². The molecule has 1 aromatic carbocycles. The number of H-pyrrole nitrogens is 3. The Morgan fingerprint density at radius 2 is 0.810 bits per heavy atom. The van der Waals surface area contributed by atoms with E-state index in [-0.39, 0.29) is 0 Å². The highest BCUT2D eigenvalue weighted by Gasteiger charge is 2.08. The maximum atomic E-state index is 3.28. The summed E-state index contributed by atoms with van der Waals surface area (Å²) in [4.78, 5) is 9.83. The Kier molecular flexibility index (Phi) is 2.75. The molecule has 0 aliphatic heterocycles. The number of rotatable bonds is 3. The van der Waals surface area contributed by atoms with Crippen LogP contribution in [0.2, 0.25) is 0 Å². The van der Waals surface area contributed by atoms with Gasteiger partial charge in [0.2, 0.25) is 0 Å². The fourth-order valence-electron chi connectivity index (χ4n) is 2.62. The van der Waals surface area contributed by atoms with Gasteiger partial charge in [-0.25, -0.2) is 0 Å². The van der Waals surface area contributed by atoms with E-state index in [9.17, 15) is 0 Å². The van der Waals surface area contributed by atoms with E-state index in [4.69, 9.17) is 0 Å². The summed E-state index contributed by atoms with van der Waals surface area (Å²) in [6.07, 6.45) is 5.85. The summed E-state index contributed by atoms with van der Waals surface area (Å²) in [7, 11) is 0. The highest BCUT2D eigenvalue weighted by atomic mass is 14.7. The first-order chi connectivity index (χ1) is 10.4. The third-order valence-corrected chi connectivity index (χ3v) is 3.66. The van der Waals surface area contributed by atoms with Crippen LogP contribution < -0.4 is 0 Å². The average Bonchev–Trinajstić information content (AvgIpc) is 3.29. The summed E-state index contributed by atoms with van der Waals surface area (Å²) in [5.41, 5.74) is 6.90. The summed E-state index contributed by atoms with van der Waals surface area (Å²) < 4.78 is 0. The first-order valence-corrected chi connectivity index (χ1v) is 6.96. The standard InChI is InChI=1S/C18H15N3/c1-4-16(19-7-1)13-10-14(17-5-2-8-20-17)12-15(11-13)18-6-3-9-21-18/h1-12,19-21H.